The van der Waals surface area contributed by atoms with Crippen LogP contribution >= 0.6 is 11.3 Å². The van der Waals surface area contributed by atoms with Gasteiger partial charge in [0.05, 0.1) is 18.8 Å². The zero-order valence-corrected chi connectivity index (χ0v) is 17.4. The average Bonchev–Trinajstić information content (AvgIpc) is 3.41. The molecule has 0 aliphatic carbocycles. The van der Waals surface area contributed by atoms with E-state index < -0.39 is 6.04 Å². The molecule has 0 spiro atoms. The maximum absolute atomic E-state index is 12.8. The number of amides is 1. The summed E-state index contributed by atoms with van der Waals surface area (Å²) in [6.07, 6.45) is 5.15. The Hall–Kier alpha value is -3.46. The first kappa shape index (κ1) is 19.8. The minimum absolute atomic E-state index is 0.137. The number of carbonyl (C=O) groups excluding carboxylic acids is 1. The lowest BCUT2D eigenvalue weighted by molar-refractivity contribution is -0.121. The lowest BCUT2D eigenvalue weighted by atomic mass is 10.1. The summed E-state index contributed by atoms with van der Waals surface area (Å²) < 4.78 is 8.65. The highest BCUT2D eigenvalue weighted by Gasteiger charge is 2.21. The second-order valence-corrected chi connectivity index (χ2v) is 7.70. The van der Waals surface area contributed by atoms with Crippen molar-refractivity contribution in [3.05, 3.63) is 76.2 Å². The minimum atomic E-state index is -0.443. The molecule has 0 unspecified atom stereocenters. The van der Waals surface area contributed by atoms with Crippen LogP contribution in [-0.2, 0) is 18.4 Å². The van der Waals surface area contributed by atoms with E-state index in [1.165, 1.54) is 22.2 Å². The highest BCUT2D eigenvalue weighted by atomic mass is 32.1. The van der Waals surface area contributed by atoms with Crippen molar-refractivity contribution in [1.29, 1.82) is 0 Å². The van der Waals surface area contributed by atoms with E-state index in [0.29, 0.717) is 21.8 Å². The number of aryl methyl sites for hydroxylation is 2. The molecular weight excluding hydrogens is 402 g/mol. The van der Waals surface area contributed by atoms with E-state index in [4.69, 9.17) is 4.74 Å². The number of rotatable bonds is 7. The topological polar surface area (TPSA) is 91.0 Å². The highest BCUT2D eigenvalue weighted by Crippen LogP contribution is 2.24. The molecule has 0 saturated carbocycles. The third kappa shape index (κ3) is 3.97. The number of thiophene rings is 1. The Kier molecular flexibility index (Phi) is 5.62. The maximum atomic E-state index is 12.8. The van der Waals surface area contributed by atoms with Crippen molar-refractivity contribution in [2.75, 3.05) is 7.11 Å². The van der Waals surface area contributed by atoms with Crippen LogP contribution in [0, 0.1) is 0 Å². The van der Waals surface area contributed by atoms with Crippen LogP contribution in [-0.4, -0.2) is 32.1 Å². The number of imidazole rings is 1. The summed E-state index contributed by atoms with van der Waals surface area (Å²) in [5.74, 6) is 1.21. The molecule has 1 N–H and O–H groups in total. The molecule has 1 amide bonds. The van der Waals surface area contributed by atoms with Crippen molar-refractivity contribution < 1.29 is 9.53 Å². The van der Waals surface area contributed by atoms with Gasteiger partial charge in [-0.2, -0.15) is 0 Å². The highest BCUT2D eigenvalue weighted by molar-refractivity contribution is 7.16. The van der Waals surface area contributed by atoms with Crippen molar-refractivity contribution in [2.24, 2.45) is 7.05 Å². The molecule has 3 heterocycles. The molecule has 30 heavy (non-hydrogen) atoms. The number of hydrogen-bond donors (Lipinski definition) is 1. The Balaban J connectivity index is 1.53. The van der Waals surface area contributed by atoms with Gasteiger partial charge in [0.2, 0.25) is 5.91 Å². The van der Waals surface area contributed by atoms with E-state index in [1.54, 1.807) is 19.4 Å². The number of benzene rings is 1. The Labute approximate surface area is 176 Å². The quantitative estimate of drug-likeness (QED) is 0.493. The molecule has 0 aliphatic rings. The number of methoxy groups -OCH3 is 1. The zero-order chi connectivity index (χ0) is 21.1. The van der Waals surface area contributed by atoms with Crippen molar-refractivity contribution >= 4 is 27.5 Å². The monoisotopic (exact) mass is 423 g/mol. The van der Waals surface area contributed by atoms with Gasteiger partial charge in [-0.3, -0.25) is 14.2 Å². The predicted octanol–water partition coefficient (Wildman–Crippen LogP) is 2.50. The Morgan fingerprint density at radius 3 is 2.93 bits per heavy atom. The van der Waals surface area contributed by atoms with Crippen molar-refractivity contribution in [2.45, 2.75) is 19.0 Å². The van der Waals surface area contributed by atoms with Crippen LogP contribution in [0.5, 0.6) is 5.75 Å². The number of nitrogens with zero attached hydrogens (tertiary/aromatic N) is 4. The van der Waals surface area contributed by atoms with E-state index >= 15 is 0 Å². The fourth-order valence-electron chi connectivity index (χ4n) is 3.28. The van der Waals surface area contributed by atoms with E-state index in [9.17, 15) is 9.59 Å². The van der Waals surface area contributed by atoms with Gasteiger partial charge in [0.1, 0.15) is 22.4 Å². The minimum Gasteiger partial charge on any atom is -0.497 e. The van der Waals surface area contributed by atoms with Crippen LogP contribution in [0.4, 0.5) is 0 Å². The van der Waals surface area contributed by atoms with Gasteiger partial charge in [0, 0.05) is 32.4 Å². The van der Waals surface area contributed by atoms with Crippen LogP contribution in [0.25, 0.3) is 10.2 Å². The summed E-state index contributed by atoms with van der Waals surface area (Å²) in [7, 11) is 3.48. The number of fused-ring (bicyclic) bond motifs is 1. The first-order chi connectivity index (χ1) is 14.6. The van der Waals surface area contributed by atoms with Crippen LogP contribution in [0.3, 0.4) is 0 Å². The SMILES string of the molecule is COc1cccc([C@H](NC(=O)CCn2cnc3sccc3c2=O)c2nccn2C)c1. The van der Waals surface area contributed by atoms with Gasteiger partial charge in [-0.05, 0) is 29.1 Å². The summed E-state index contributed by atoms with van der Waals surface area (Å²) in [6, 6.07) is 8.82. The molecule has 4 aromatic rings. The van der Waals surface area contributed by atoms with Gasteiger partial charge in [0.25, 0.3) is 5.56 Å². The van der Waals surface area contributed by atoms with Gasteiger partial charge in [-0.1, -0.05) is 12.1 Å². The van der Waals surface area contributed by atoms with E-state index in [1.807, 2.05) is 47.5 Å². The van der Waals surface area contributed by atoms with Gasteiger partial charge >= 0.3 is 0 Å². The predicted molar refractivity (Wildman–Crippen MR) is 115 cm³/mol. The number of carbonyl (C=O) groups is 1. The second-order valence-electron chi connectivity index (χ2n) is 6.81. The molecule has 8 nitrogen and oxygen atoms in total. The summed E-state index contributed by atoms with van der Waals surface area (Å²) in [5, 5.41) is 5.45. The van der Waals surface area contributed by atoms with Gasteiger partial charge < -0.3 is 14.6 Å². The first-order valence-electron chi connectivity index (χ1n) is 9.40. The number of nitrogens with one attached hydrogen (secondary N) is 1. The van der Waals surface area contributed by atoms with Gasteiger partial charge in [-0.25, -0.2) is 9.97 Å². The van der Waals surface area contributed by atoms with Crippen LogP contribution in [0.1, 0.15) is 23.9 Å². The van der Waals surface area contributed by atoms with E-state index in [0.717, 1.165) is 5.56 Å². The molecule has 1 aromatic carbocycles. The molecule has 0 bridgehead atoms. The molecule has 1 atom stereocenters. The summed E-state index contributed by atoms with van der Waals surface area (Å²) in [5.41, 5.74) is 0.720. The van der Waals surface area contributed by atoms with Crippen molar-refractivity contribution in [3.63, 3.8) is 0 Å². The molecule has 9 heteroatoms. The molecule has 3 aromatic heterocycles. The smallest absolute Gasteiger partial charge is 0.262 e. The Bertz CT molecular complexity index is 1240. The summed E-state index contributed by atoms with van der Waals surface area (Å²) in [4.78, 5) is 34.7. The fraction of sp³-hybridized carbons (Fsp3) is 0.238. The van der Waals surface area contributed by atoms with E-state index in [-0.39, 0.29) is 24.4 Å². The van der Waals surface area contributed by atoms with Crippen LogP contribution < -0.4 is 15.6 Å². The van der Waals surface area contributed by atoms with Crippen LogP contribution in [0.15, 0.2) is 59.2 Å². The average molecular weight is 423 g/mol. The number of aromatic nitrogens is 4. The van der Waals surface area contributed by atoms with Gasteiger partial charge in [0.15, 0.2) is 0 Å². The summed E-state index contributed by atoms with van der Waals surface area (Å²) >= 11 is 1.42. The van der Waals surface area contributed by atoms with Crippen molar-refractivity contribution in [3.8, 4) is 5.75 Å². The third-order valence-electron chi connectivity index (χ3n) is 4.88. The summed E-state index contributed by atoms with van der Waals surface area (Å²) in [6.45, 7) is 0.245. The lowest BCUT2D eigenvalue weighted by Gasteiger charge is -2.20. The Morgan fingerprint density at radius 1 is 1.30 bits per heavy atom. The fourth-order valence-corrected chi connectivity index (χ4v) is 4.00. The third-order valence-corrected chi connectivity index (χ3v) is 5.70. The zero-order valence-electron chi connectivity index (χ0n) is 16.6. The number of ether oxygens (including phenoxy) is 1. The normalized spacial score (nSPS) is 12.1. The second kappa shape index (κ2) is 8.50. The Morgan fingerprint density at radius 2 is 2.17 bits per heavy atom. The maximum Gasteiger partial charge on any atom is 0.262 e. The standard InChI is InChI=1S/C21H21N5O3S/c1-25-10-8-22-19(25)18(14-4-3-5-15(12-14)29-2)24-17(27)6-9-26-13-23-20-16(21(26)28)7-11-30-20/h3-5,7-8,10-13,18H,6,9H2,1-2H3,(H,24,27)/t18-/m0/s1. The molecule has 0 fully saturated rings. The molecule has 0 saturated heterocycles. The van der Waals surface area contributed by atoms with Crippen LogP contribution in [0.2, 0.25) is 0 Å². The number of hydrogen-bond acceptors (Lipinski definition) is 6. The first-order valence-corrected chi connectivity index (χ1v) is 10.3. The lowest BCUT2D eigenvalue weighted by Crippen LogP contribution is -2.32. The molecule has 0 aliphatic heterocycles. The molecule has 0 radical (unpaired) electrons. The largest absolute Gasteiger partial charge is 0.497 e. The molecule has 154 valence electrons. The molecular formula is C21H21N5O3S. The van der Waals surface area contributed by atoms with E-state index in [2.05, 4.69) is 15.3 Å². The molecule has 4 rings (SSSR count). The van der Waals surface area contributed by atoms with Gasteiger partial charge in [-0.15, -0.1) is 11.3 Å². The van der Waals surface area contributed by atoms with Crippen molar-refractivity contribution in [1.82, 2.24) is 24.4 Å².